The number of likely N-dealkylation sites (N-methyl/N-ethyl adjacent to an activating group) is 1. The van der Waals surface area contributed by atoms with Crippen LogP contribution in [0.25, 0.3) is 0 Å². The number of amides is 1. The highest BCUT2D eigenvalue weighted by atomic mass is 32.2. The number of nitrogens with zero attached hydrogens (tertiary/aromatic N) is 2. The first kappa shape index (κ1) is 51.4. The second-order valence-electron chi connectivity index (χ2n) is 15.1. The standard InChI is InChI=1S/C53H44N2O15S2/c1-5-40-45(48(58)55(4)54-40)53-71-46-41(69-51(61)34-14-22-38(23-15-34)67-49(59)32-10-18-36(19-11-32)63-28-8-30-65-43(56)6-2)26-27-42(47(46)72-53)70-52(62)35-16-24-39(25-17-35)68-50(60)33-12-20-37(21-13-33)64-29-9-31-66-44(57)7-3/h6-7,10-27H,2-3,5,8-9,28-31H2,1,4H3. The lowest BCUT2D eigenvalue weighted by molar-refractivity contribution is -0.138. The molecular weight excluding hydrogens is 969 g/mol. The van der Waals surface area contributed by atoms with Crippen molar-refractivity contribution in [1.29, 1.82) is 0 Å². The summed E-state index contributed by atoms with van der Waals surface area (Å²) in [5.74, 6) is -2.48. The van der Waals surface area contributed by atoms with Gasteiger partial charge in [0.25, 0.3) is 5.91 Å². The molecule has 0 N–H and O–H groups in total. The molecule has 0 saturated carbocycles. The van der Waals surface area contributed by atoms with Crippen LogP contribution in [0.5, 0.6) is 34.5 Å². The molecule has 0 saturated heterocycles. The Morgan fingerprint density at radius 2 is 0.889 bits per heavy atom. The lowest BCUT2D eigenvalue weighted by Gasteiger charge is -2.12. The molecular formula is C53H44N2O15S2. The highest BCUT2D eigenvalue weighted by molar-refractivity contribution is 8.25. The van der Waals surface area contributed by atoms with Gasteiger partial charge in [0.1, 0.15) is 34.5 Å². The molecule has 2 heterocycles. The normalized spacial score (nSPS) is 12.5. The average Bonchev–Trinajstić information content (AvgIpc) is 3.97. The lowest BCUT2D eigenvalue weighted by Crippen LogP contribution is -2.17. The van der Waals surface area contributed by atoms with E-state index in [2.05, 4.69) is 18.3 Å². The Balaban J connectivity index is 0.982. The van der Waals surface area contributed by atoms with E-state index in [1.807, 2.05) is 6.92 Å². The Hall–Kier alpha value is -8.42. The van der Waals surface area contributed by atoms with Gasteiger partial charge < -0.3 is 37.9 Å². The fourth-order valence-corrected chi connectivity index (χ4v) is 9.22. The molecule has 0 radical (unpaired) electrons. The van der Waals surface area contributed by atoms with E-state index in [-0.39, 0.29) is 77.6 Å². The first-order chi connectivity index (χ1) is 34.8. The summed E-state index contributed by atoms with van der Waals surface area (Å²) < 4.78 is 44.5. The van der Waals surface area contributed by atoms with Crippen molar-refractivity contribution < 1.29 is 71.5 Å². The van der Waals surface area contributed by atoms with Gasteiger partial charge in [-0.25, -0.2) is 33.8 Å². The molecule has 0 bridgehead atoms. The smallest absolute Gasteiger partial charge is 0.343 e. The number of fused-ring (bicyclic) bond motifs is 1. The molecule has 0 atom stereocenters. The number of hydrogen-bond acceptors (Lipinski definition) is 18. The zero-order chi connectivity index (χ0) is 51.1. The number of rotatable bonds is 21. The largest absolute Gasteiger partial charge is 0.493 e. The third-order valence-electron chi connectivity index (χ3n) is 10.2. The van der Waals surface area contributed by atoms with Gasteiger partial charge in [-0.2, -0.15) is 5.10 Å². The summed E-state index contributed by atoms with van der Waals surface area (Å²) in [6.45, 7) is 9.49. The predicted octanol–water partition coefficient (Wildman–Crippen LogP) is 9.21. The fraction of sp³-hybridized carbons (Fsp3) is 0.170. The predicted molar refractivity (Wildman–Crippen MR) is 264 cm³/mol. The Bertz CT molecular complexity index is 2790. The van der Waals surface area contributed by atoms with E-state index in [4.69, 9.17) is 37.9 Å². The summed E-state index contributed by atoms with van der Waals surface area (Å²) in [6, 6.07) is 27.1. The molecule has 368 valence electrons. The summed E-state index contributed by atoms with van der Waals surface area (Å²) in [4.78, 5) is 89.4. The van der Waals surface area contributed by atoms with Crippen LogP contribution in [0.1, 0.15) is 67.6 Å². The van der Waals surface area contributed by atoms with Gasteiger partial charge in [0.15, 0.2) is 0 Å². The van der Waals surface area contributed by atoms with E-state index >= 15 is 0 Å². The van der Waals surface area contributed by atoms with Crippen molar-refractivity contribution in [3.63, 3.8) is 0 Å². The van der Waals surface area contributed by atoms with Crippen LogP contribution in [-0.2, 0) is 23.9 Å². The molecule has 0 aliphatic carbocycles. The minimum Gasteiger partial charge on any atom is -0.493 e. The van der Waals surface area contributed by atoms with E-state index in [1.165, 1.54) is 89.2 Å². The molecule has 0 fully saturated rings. The Labute approximate surface area is 421 Å². The molecule has 0 aromatic heterocycles. The average molecular weight is 1010 g/mol. The van der Waals surface area contributed by atoms with E-state index in [9.17, 15) is 33.6 Å². The minimum atomic E-state index is -0.738. The first-order valence-corrected chi connectivity index (χ1v) is 23.7. The van der Waals surface area contributed by atoms with Crippen molar-refractivity contribution in [1.82, 2.24) is 5.01 Å². The highest BCUT2D eigenvalue weighted by Gasteiger charge is 2.36. The Morgan fingerprint density at radius 3 is 1.25 bits per heavy atom. The number of esters is 6. The quantitative estimate of drug-likeness (QED) is 0.0290. The van der Waals surface area contributed by atoms with Gasteiger partial charge >= 0.3 is 35.8 Å². The van der Waals surface area contributed by atoms with Gasteiger partial charge in [-0.15, -0.1) is 0 Å². The molecule has 2 aliphatic rings. The number of carbonyl (C=O) groups is 7. The summed E-state index contributed by atoms with van der Waals surface area (Å²) in [5.41, 5.74) is 1.73. The molecule has 19 heteroatoms. The molecule has 0 unspecified atom stereocenters. The second-order valence-corrected chi connectivity index (χ2v) is 17.4. The molecule has 17 nitrogen and oxygen atoms in total. The zero-order valence-corrected chi connectivity index (χ0v) is 40.4. The first-order valence-electron chi connectivity index (χ1n) is 22.1. The monoisotopic (exact) mass is 1010 g/mol. The van der Waals surface area contributed by atoms with Crippen LogP contribution < -0.4 is 28.4 Å². The van der Waals surface area contributed by atoms with Crippen LogP contribution in [-0.4, -0.2) is 85.9 Å². The lowest BCUT2D eigenvalue weighted by atomic mass is 10.1. The van der Waals surface area contributed by atoms with Crippen LogP contribution in [0.4, 0.5) is 0 Å². The van der Waals surface area contributed by atoms with Crippen molar-refractivity contribution >= 4 is 71.0 Å². The van der Waals surface area contributed by atoms with Crippen LogP contribution >= 0.6 is 23.5 Å². The number of thioether (sulfide) groups is 2. The van der Waals surface area contributed by atoms with Crippen LogP contribution in [0.3, 0.4) is 0 Å². The number of carbonyl (C=O) groups excluding carboxylic acids is 7. The summed E-state index contributed by atoms with van der Waals surface area (Å²) in [6.07, 6.45) is 3.56. The Kier molecular flexibility index (Phi) is 17.4. The molecule has 5 aromatic carbocycles. The maximum atomic E-state index is 13.6. The van der Waals surface area contributed by atoms with Crippen molar-refractivity contribution in [2.24, 2.45) is 5.10 Å². The van der Waals surface area contributed by atoms with E-state index < -0.39 is 35.8 Å². The van der Waals surface area contributed by atoms with E-state index in [0.29, 0.717) is 56.1 Å². The van der Waals surface area contributed by atoms with Gasteiger partial charge in [-0.3, -0.25) is 4.79 Å². The van der Waals surface area contributed by atoms with Crippen LogP contribution in [0.2, 0.25) is 0 Å². The van der Waals surface area contributed by atoms with Crippen molar-refractivity contribution in [2.45, 2.75) is 36.0 Å². The van der Waals surface area contributed by atoms with Gasteiger partial charge in [0, 0.05) is 32.0 Å². The van der Waals surface area contributed by atoms with Crippen LogP contribution in [0.15, 0.2) is 159 Å². The molecule has 2 aliphatic heterocycles. The van der Waals surface area contributed by atoms with Gasteiger partial charge in [-0.1, -0.05) is 43.6 Å². The van der Waals surface area contributed by atoms with Crippen molar-refractivity contribution in [3.8, 4) is 34.5 Å². The molecule has 1 amide bonds. The maximum absolute atomic E-state index is 13.6. The molecule has 72 heavy (non-hydrogen) atoms. The molecule has 5 aromatic rings. The SMILES string of the molecule is C=CC(=O)OCCCOc1ccc(C(=O)Oc2ccc(C(=O)Oc3ccc(OC(=O)c4ccc(OC(=O)c5ccc(OCCCOC(=O)C=C)cc5)cc4)c4c3SC(=C3C(=O)N(C)N=C3CC)S4)cc2)cc1. The summed E-state index contributed by atoms with van der Waals surface area (Å²) >= 11 is 2.35. The van der Waals surface area contributed by atoms with Gasteiger partial charge in [0.05, 0.1) is 74.0 Å². The minimum absolute atomic E-state index is 0.132. The van der Waals surface area contributed by atoms with Gasteiger partial charge in [0.2, 0.25) is 0 Å². The zero-order valence-electron chi connectivity index (χ0n) is 38.7. The van der Waals surface area contributed by atoms with E-state index in [0.717, 1.165) is 12.2 Å². The fourth-order valence-electron chi connectivity index (χ4n) is 6.51. The number of hydrogen-bond donors (Lipinski definition) is 0. The van der Waals surface area contributed by atoms with Gasteiger partial charge in [-0.05, 0) is 116 Å². The maximum Gasteiger partial charge on any atom is 0.343 e. The number of ether oxygens (including phenoxy) is 8. The summed E-state index contributed by atoms with van der Waals surface area (Å²) in [7, 11) is 1.56. The van der Waals surface area contributed by atoms with Crippen LogP contribution in [0, 0.1) is 0 Å². The second kappa shape index (κ2) is 24.4. The topological polar surface area (TPSA) is 209 Å². The number of benzene rings is 5. The summed E-state index contributed by atoms with van der Waals surface area (Å²) in [5, 5.41) is 5.63. The molecule has 7 rings (SSSR count). The van der Waals surface area contributed by atoms with Crippen molar-refractivity contribution in [3.05, 3.63) is 167 Å². The Morgan fingerprint density at radius 1 is 0.528 bits per heavy atom. The third kappa shape index (κ3) is 13.3. The van der Waals surface area contributed by atoms with Crippen molar-refractivity contribution in [2.75, 3.05) is 33.5 Å². The molecule has 0 spiro atoms. The highest BCUT2D eigenvalue weighted by Crippen LogP contribution is 2.59. The van der Waals surface area contributed by atoms with E-state index in [1.54, 1.807) is 55.6 Å². The number of hydrazone groups is 1. The third-order valence-corrected chi connectivity index (χ3v) is 12.8.